The van der Waals surface area contributed by atoms with Crippen LogP contribution in [0.2, 0.25) is 0 Å². The molecule has 0 aliphatic carbocycles. The summed E-state index contributed by atoms with van der Waals surface area (Å²) in [5.74, 6) is 0. The van der Waals surface area contributed by atoms with Crippen molar-refractivity contribution >= 4 is 0 Å². The molecule has 1 aliphatic rings. The molecule has 0 N–H and O–H groups in total. The van der Waals surface area contributed by atoms with E-state index in [1.54, 1.807) is 0 Å². The standard InChI is InChI=1S/C9H19FN2/c1-3-11(4-2)12-7-5-9(10)6-8-12/h9H,3-8H2,1-2H3. The van der Waals surface area contributed by atoms with E-state index < -0.39 is 6.17 Å². The number of piperidine rings is 1. The Labute approximate surface area is 74.3 Å². The molecule has 0 atom stereocenters. The Hall–Kier alpha value is -0.150. The van der Waals surface area contributed by atoms with Crippen molar-refractivity contribution in [3.63, 3.8) is 0 Å². The second kappa shape index (κ2) is 4.77. The van der Waals surface area contributed by atoms with Crippen molar-refractivity contribution in [3.05, 3.63) is 0 Å². The highest BCUT2D eigenvalue weighted by atomic mass is 19.1. The predicted molar refractivity (Wildman–Crippen MR) is 48.6 cm³/mol. The molecule has 1 fully saturated rings. The van der Waals surface area contributed by atoms with E-state index in [-0.39, 0.29) is 0 Å². The van der Waals surface area contributed by atoms with Crippen molar-refractivity contribution in [2.75, 3.05) is 26.2 Å². The van der Waals surface area contributed by atoms with Crippen LogP contribution >= 0.6 is 0 Å². The van der Waals surface area contributed by atoms with Crippen molar-refractivity contribution in [1.29, 1.82) is 0 Å². The highest BCUT2D eigenvalue weighted by Crippen LogP contribution is 2.14. The van der Waals surface area contributed by atoms with Crippen LogP contribution in [0.3, 0.4) is 0 Å². The first kappa shape index (κ1) is 9.93. The van der Waals surface area contributed by atoms with E-state index in [4.69, 9.17) is 0 Å². The van der Waals surface area contributed by atoms with Gasteiger partial charge in [0.1, 0.15) is 6.17 Å². The van der Waals surface area contributed by atoms with E-state index in [1.165, 1.54) is 0 Å². The molecule has 0 aromatic rings. The SMILES string of the molecule is CCN(CC)N1CCC(F)CC1. The molecule has 72 valence electrons. The zero-order valence-electron chi connectivity index (χ0n) is 8.09. The fraction of sp³-hybridized carbons (Fsp3) is 1.00. The summed E-state index contributed by atoms with van der Waals surface area (Å²) in [5.41, 5.74) is 0. The van der Waals surface area contributed by atoms with Crippen molar-refractivity contribution in [1.82, 2.24) is 10.0 Å². The lowest BCUT2D eigenvalue weighted by atomic mass is 10.1. The summed E-state index contributed by atoms with van der Waals surface area (Å²) in [6.45, 7) is 8.14. The molecule has 1 heterocycles. The fourth-order valence-electron chi connectivity index (χ4n) is 1.74. The van der Waals surface area contributed by atoms with Crippen LogP contribution in [0.4, 0.5) is 4.39 Å². The van der Waals surface area contributed by atoms with Crippen LogP contribution in [0.15, 0.2) is 0 Å². The van der Waals surface area contributed by atoms with Gasteiger partial charge in [-0.05, 0) is 12.8 Å². The van der Waals surface area contributed by atoms with Gasteiger partial charge >= 0.3 is 0 Å². The van der Waals surface area contributed by atoms with Gasteiger partial charge in [0.05, 0.1) is 0 Å². The van der Waals surface area contributed by atoms with E-state index in [2.05, 4.69) is 23.9 Å². The number of rotatable bonds is 3. The lowest BCUT2D eigenvalue weighted by molar-refractivity contribution is -0.0452. The van der Waals surface area contributed by atoms with Gasteiger partial charge in [0.2, 0.25) is 0 Å². The number of halogens is 1. The Bertz CT molecular complexity index is 118. The number of alkyl halides is 1. The lowest BCUT2D eigenvalue weighted by Gasteiger charge is -2.37. The Morgan fingerprint density at radius 2 is 1.75 bits per heavy atom. The minimum absolute atomic E-state index is 0.559. The maximum Gasteiger partial charge on any atom is 0.103 e. The van der Waals surface area contributed by atoms with Gasteiger partial charge in [-0.2, -0.15) is 0 Å². The number of hydrogen-bond acceptors (Lipinski definition) is 2. The molecule has 3 heteroatoms. The lowest BCUT2D eigenvalue weighted by Crippen LogP contribution is -2.47. The molecule has 1 saturated heterocycles. The number of hydrazine groups is 1. The molecule has 0 unspecified atom stereocenters. The first-order valence-electron chi connectivity index (χ1n) is 4.91. The van der Waals surface area contributed by atoms with Crippen molar-refractivity contribution in [2.45, 2.75) is 32.9 Å². The second-order valence-corrected chi connectivity index (χ2v) is 3.27. The second-order valence-electron chi connectivity index (χ2n) is 3.27. The Morgan fingerprint density at radius 3 is 2.17 bits per heavy atom. The monoisotopic (exact) mass is 174 g/mol. The molecule has 1 aliphatic heterocycles. The van der Waals surface area contributed by atoms with Crippen LogP contribution in [0, 0.1) is 0 Å². The molecule has 0 radical (unpaired) electrons. The summed E-state index contributed by atoms with van der Waals surface area (Å²) in [5, 5.41) is 4.56. The highest BCUT2D eigenvalue weighted by molar-refractivity contribution is 4.69. The molecule has 0 aromatic carbocycles. The highest BCUT2D eigenvalue weighted by Gasteiger charge is 2.20. The van der Waals surface area contributed by atoms with Gasteiger partial charge in [0, 0.05) is 26.2 Å². The molecule has 0 bridgehead atoms. The minimum Gasteiger partial charge on any atom is -0.247 e. The summed E-state index contributed by atoms with van der Waals surface area (Å²) in [4.78, 5) is 0. The summed E-state index contributed by atoms with van der Waals surface area (Å²) in [7, 11) is 0. The van der Waals surface area contributed by atoms with Crippen molar-refractivity contribution < 1.29 is 4.39 Å². The van der Waals surface area contributed by atoms with E-state index in [1.807, 2.05) is 0 Å². The van der Waals surface area contributed by atoms with Crippen LogP contribution in [0.1, 0.15) is 26.7 Å². The van der Waals surface area contributed by atoms with Gasteiger partial charge in [-0.3, -0.25) is 0 Å². The van der Waals surface area contributed by atoms with Gasteiger partial charge in [0.15, 0.2) is 0 Å². The molecule has 12 heavy (non-hydrogen) atoms. The Morgan fingerprint density at radius 1 is 1.25 bits per heavy atom. The minimum atomic E-state index is -0.559. The van der Waals surface area contributed by atoms with Gasteiger partial charge < -0.3 is 0 Å². The van der Waals surface area contributed by atoms with Crippen LogP contribution in [0.5, 0.6) is 0 Å². The van der Waals surface area contributed by atoms with Gasteiger partial charge in [-0.15, -0.1) is 0 Å². The zero-order chi connectivity index (χ0) is 8.97. The Balaban J connectivity index is 2.32. The topological polar surface area (TPSA) is 6.48 Å². The van der Waals surface area contributed by atoms with E-state index in [0.29, 0.717) is 12.8 Å². The predicted octanol–water partition coefficient (Wildman–Crippen LogP) is 1.68. The largest absolute Gasteiger partial charge is 0.247 e. The maximum atomic E-state index is 12.8. The van der Waals surface area contributed by atoms with Crippen LogP contribution < -0.4 is 0 Å². The van der Waals surface area contributed by atoms with Crippen LogP contribution in [-0.4, -0.2) is 42.4 Å². The summed E-state index contributed by atoms with van der Waals surface area (Å²) in [6, 6.07) is 0. The summed E-state index contributed by atoms with van der Waals surface area (Å²) in [6.07, 6.45) is 0.851. The van der Waals surface area contributed by atoms with Gasteiger partial charge in [-0.25, -0.2) is 14.4 Å². The fourth-order valence-corrected chi connectivity index (χ4v) is 1.74. The number of nitrogens with zero attached hydrogens (tertiary/aromatic N) is 2. The third kappa shape index (κ3) is 2.42. The summed E-state index contributed by atoms with van der Waals surface area (Å²) >= 11 is 0. The average molecular weight is 174 g/mol. The normalized spacial score (nSPS) is 22.0. The van der Waals surface area contributed by atoms with Crippen LogP contribution in [-0.2, 0) is 0 Å². The maximum absolute atomic E-state index is 12.8. The molecule has 0 spiro atoms. The summed E-state index contributed by atoms with van der Waals surface area (Å²) < 4.78 is 12.8. The molecule has 0 amide bonds. The Kier molecular flexibility index (Phi) is 3.95. The third-order valence-electron chi connectivity index (χ3n) is 2.53. The molecule has 0 aromatic heterocycles. The zero-order valence-corrected chi connectivity index (χ0v) is 8.09. The van der Waals surface area contributed by atoms with E-state index in [9.17, 15) is 4.39 Å². The first-order valence-corrected chi connectivity index (χ1v) is 4.91. The van der Waals surface area contributed by atoms with Gasteiger partial charge in [0.25, 0.3) is 0 Å². The molecular weight excluding hydrogens is 155 g/mol. The van der Waals surface area contributed by atoms with E-state index in [0.717, 1.165) is 26.2 Å². The average Bonchev–Trinajstić information content (AvgIpc) is 2.10. The van der Waals surface area contributed by atoms with Crippen molar-refractivity contribution in [3.8, 4) is 0 Å². The first-order chi connectivity index (χ1) is 5.77. The van der Waals surface area contributed by atoms with Crippen LogP contribution in [0.25, 0.3) is 0 Å². The smallest absolute Gasteiger partial charge is 0.103 e. The van der Waals surface area contributed by atoms with Crippen molar-refractivity contribution in [2.24, 2.45) is 0 Å². The molecule has 0 saturated carbocycles. The molecule has 2 nitrogen and oxygen atoms in total. The molecule has 1 rings (SSSR count). The van der Waals surface area contributed by atoms with E-state index >= 15 is 0 Å². The quantitative estimate of drug-likeness (QED) is 0.642. The third-order valence-corrected chi connectivity index (χ3v) is 2.53. The van der Waals surface area contributed by atoms with Gasteiger partial charge in [-0.1, -0.05) is 13.8 Å². The molecular formula is C9H19FN2. The number of hydrogen-bond donors (Lipinski definition) is 0.